The third-order valence-corrected chi connectivity index (χ3v) is 4.66. The number of aromatic nitrogens is 3. The van der Waals surface area contributed by atoms with E-state index in [-0.39, 0.29) is 23.8 Å². The number of amides is 1. The van der Waals surface area contributed by atoms with Crippen LogP contribution in [0, 0.1) is 5.92 Å². The van der Waals surface area contributed by atoms with E-state index in [1.165, 1.54) is 0 Å². The van der Waals surface area contributed by atoms with E-state index in [1.54, 1.807) is 38.3 Å². The molecule has 29 heavy (non-hydrogen) atoms. The van der Waals surface area contributed by atoms with Crippen LogP contribution in [0.25, 0.3) is 10.9 Å². The summed E-state index contributed by atoms with van der Waals surface area (Å²) in [7, 11) is 0. The minimum absolute atomic E-state index is 0.0483. The quantitative estimate of drug-likeness (QED) is 0.687. The number of anilines is 2. The van der Waals surface area contributed by atoms with E-state index in [0.717, 1.165) is 0 Å². The van der Waals surface area contributed by atoms with Crippen LogP contribution in [0.15, 0.2) is 36.6 Å². The first-order valence-electron chi connectivity index (χ1n) is 9.56. The minimum Gasteiger partial charge on any atom is -0.480 e. The second-order valence-electron chi connectivity index (χ2n) is 7.70. The Morgan fingerprint density at radius 1 is 1.17 bits per heavy atom. The highest BCUT2D eigenvalue weighted by atomic mass is 16.4. The van der Waals surface area contributed by atoms with E-state index in [1.807, 2.05) is 26.0 Å². The first-order chi connectivity index (χ1) is 13.7. The van der Waals surface area contributed by atoms with Gasteiger partial charge in [-0.25, -0.2) is 15.0 Å². The lowest BCUT2D eigenvalue weighted by atomic mass is 9.78. The van der Waals surface area contributed by atoms with Gasteiger partial charge in [-0.1, -0.05) is 38.2 Å². The zero-order valence-corrected chi connectivity index (χ0v) is 16.9. The molecular formula is C21H25N5O3. The third kappa shape index (κ3) is 4.11. The van der Waals surface area contributed by atoms with Gasteiger partial charge in [0.05, 0.1) is 5.69 Å². The lowest BCUT2D eigenvalue weighted by Crippen LogP contribution is -2.35. The summed E-state index contributed by atoms with van der Waals surface area (Å²) in [5.41, 5.74) is -0.322. The molecule has 152 valence electrons. The number of carboxylic acids is 1. The number of nitrogens with zero attached hydrogens (tertiary/aromatic N) is 3. The molecule has 2 aromatic heterocycles. The SMILES string of the molecule is CC(C)Nc1nc([C@]2(C(=O)O)C=CC=CC2)cc2cnc(NC(=O)C(C)C)nc12. The Bertz CT molecular complexity index is 1010. The molecule has 0 radical (unpaired) electrons. The van der Waals surface area contributed by atoms with Gasteiger partial charge >= 0.3 is 5.97 Å². The van der Waals surface area contributed by atoms with Gasteiger partial charge in [0.25, 0.3) is 0 Å². The largest absolute Gasteiger partial charge is 0.480 e. The van der Waals surface area contributed by atoms with Crippen LogP contribution in [0.3, 0.4) is 0 Å². The molecule has 2 aromatic rings. The molecule has 1 atom stereocenters. The average molecular weight is 395 g/mol. The van der Waals surface area contributed by atoms with Gasteiger partial charge in [0, 0.05) is 23.5 Å². The zero-order valence-electron chi connectivity index (χ0n) is 16.9. The Morgan fingerprint density at radius 3 is 2.52 bits per heavy atom. The van der Waals surface area contributed by atoms with Crippen molar-refractivity contribution in [2.24, 2.45) is 5.92 Å². The third-order valence-electron chi connectivity index (χ3n) is 4.66. The van der Waals surface area contributed by atoms with E-state index in [2.05, 4.69) is 25.6 Å². The summed E-state index contributed by atoms with van der Waals surface area (Å²) in [5.74, 6) is -0.715. The summed E-state index contributed by atoms with van der Waals surface area (Å²) in [6, 6.07) is 1.75. The predicted molar refractivity (Wildman–Crippen MR) is 112 cm³/mol. The highest BCUT2D eigenvalue weighted by Crippen LogP contribution is 2.35. The molecule has 0 bridgehead atoms. The number of carbonyl (C=O) groups excluding carboxylic acids is 1. The molecule has 2 heterocycles. The van der Waals surface area contributed by atoms with E-state index in [9.17, 15) is 14.7 Å². The monoisotopic (exact) mass is 395 g/mol. The van der Waals surface area contributed by atoms with E-state index < -0.39 is 11.4 Å². The van der Waals surface area contributed by atoms with Crippen LogP contribution in [-0.2, 0) is 15.0 Å². The molecule has 3 N–H and O–H groups in total. The lowest BCUT2D eigenvalue weighted by Gasteiger charge is -2.27. The number of hydrogen-bond acceptors (Lipinski definition) is 6. The van der Waals surface area contributed by atoms with Crippen molar-refractivity contribution in [3.8, 4) is 0 Å². The molecule has 1 aliphatic carbocycles. The number of carboxylic acid groups (broad SMARTS) is 1. The van der Waals surface area contributed by atoms with E-state index in [0.29, 0.717) is 28.8 Å². The summed E-state index contributed by atoms with van der Waals surface area (Å²) in [6.45, 7) is 7.49. The van der Waals surface area contributed by atoms with Crippen molar-refractivity contribution >= 4 is 34.5 Å². The fraction of sp³-hybridized carbons (Fsp3) is 0.381. The van der Waals surface area contributed by atoms with Gasteiger partial charge < -0.3 is 10.4 Å². The van der Waals surface area contributed by atoms with Crippen molar-refractivity contribution in [3.05, 3.63) is 42.3 Å². The number of nitrogens with one attached hydrogen (secondary N) is 2. The summed E-state index contributed by atoms with van der Waals surface area (Å²) in [5, 5.41) is 16.5. The highest BCUT2D eigenvalue weighted by molar-refractivity contribution is 5.94. The van der Waals surface area contributed by atoms with Gasteiger partial charge in [-0.15, -0.1) is 0 Å². The molecule has 0 aromatic carbocycles. The Balaban J connectivity index is 2.15. The summed E-state index contributed by atoms with van der Waals surface area (Å²) < 4.78 is 0. The van der Waals surface area contributed by atoms with Crippen molar-refractivity contribution in [2.45, 2.75) is 45.6 Å². The maximum absolute atomic E-state index is 12.2. The van der Waals surface area contributed by atoms with Gasteiger partial charge in [0.1, 0.15) is 10.9 Å². The number of aliphatic carboxylic acids is 1. The van der Waals surface area contributed by atoms with Crippen LogP contribution >= 0.6 is 0 Å². The highest BCUT2D eigenvalue weighted by Gasteiger charge is 2.40. The first-order valence-corrected chi connectivity index (χ1v) is 9.56. The standard InChI is InChI=1S/C21H25N5O3/c1-12(2)18(27)26-20-22-11-14-10-15(21(19(28)29)8-6-5-7-9-21)24-17(16(14)25-20)23-13(3)4/h5-8,10-13H,9H2,1-4H3,(H,23,24)(H,28,29)(H,22,25,26,27)/t21-/m0/s1. The maximum atomic E-state index is 12.2. The molecule has 0 fully saturated rings. The predicted octanol–water partition coefficient (Wildman–Crippen LogP) is 3.28. The number of rotatable bonds is 6. The molecule has 1 amide bonds. The van der Waals surface area contributed by atoms with Gasteiger partial charge in [0.15, 0.2) is 5.82 Å². The topological polar surface area (TPSA) is 117 Å². The summed E-state index contributed by atoms with van der Waals surface area (Å²) in [6.07, 6.45) is 8.90. The van der Waals surface area contributed by atoms with Crippen LogP contribution in [0.5, 0.6) is 0 Å². The number of fused-ring (bicyclic) bond motifs is 1. The molecule has 0 aliphatic heterocycles. The molecule has 8 nitrogen and oxygen atoms in total. The minimum atomic E-state index is -1.25. The second kappa shape index (κ2) is 7.98. The van der Waals surface area contributed by atoms with Gasteiger partial charge in [-0.05, 0) is 26.3 Å². The molecular weight excluding hydrogens is 370 g/mol. The normalized spacial score (nSPS) is 18.4. The van der Waals surface area contributed by atoms with E-state index >= 15 is 0 Å². The zero-order chi connectivity index (χ0) is 21.2. The fourth-order valence-corrected chi connectivity index (χ4v) is 3.04. The first kappa shape index (κ1) is 20.4. The Hall–Kier alpha value is -3.29. The van der Waals surface area contributed by atoms with Crippen molar-refractivity contribution < 1.29 is 14.7 Å². The van der Waals surface area contributed by atoms with Gasteiger partial charge in [-0.3, -0.25) is 14.9 Å². The molecule has 8 heteroatoms. The maximum Gasteiger partial charge on any atom is 0.319 e. The smallest absolute Gasteiger partial charge is 0.319 e. The van der Waals surface area contributed by atoms with Gasteiger partial charge in [0.2, 0.25) is 11.9 Å². The Kier molecular flexibility index (Phi) is 5.63. The van der Waals surface area contributed by atoms with Crippen molar-refractivity contribution in [2.75, 3.05) is 10.6 Å². The van der Waals surface area contributed by atoms with Crippen LogP contribution in [0.1, 0.15) is 39.8 Å². The van der Waals surface area contributed by atoms with Crippen LogP contribution in [0.2, 0.25) is 0 Å². The summed E-state index contributed by atoms with van der Waals surface area (Å²) >= 11 is 0. The molecule has 0 saturated carbocycles. The molecule has 0 unspecified atom stereocenters. The second-order valence-corrected chi connectivity index (χ2v) is 7.70. The Labute approximate surface area is 169 Å². The van der Waals surface area contributed by atoms with Crippen molar-refractivity contribution in [1.29, 1.82) is 0 Å². The molecule has 0 saturated heterocycles. The number of carbonyl (C=O) groups is 2. The molecule has 1 aliphatic rings. The fourth-order valence-electron chi connectivity index (χ4n) is 3.04. The van der Waals surface area contributed by atoms with Crippen molar-refractivity contribution in [1.82, 2.24) is 15.0 Å². The van der Waals surface area contributed by atoms with Crippen LogP contribution in [-0.4, -0.2) is 38.0 Å². The lowest BCUT2D eigenvalue weighted by molar-refractivity contribution is -0.142. The number of pyridine rings is 1. The van der Waals surface area contributed by atoms with Crippen LogP contribution < -0.4 is 10.6 Å². The van der Waals surface area contributed by atoms with E-state index in [4.69, 9.17) is 0 Å². The van der Waals surface area contributed by atoms with Gasteiger partial charge in [-0.2, -0.15) is 0 Å². The van der Waals surface area contributed by atoms with Crippen molar-refractivity contribution in [3.63, 3.8) is 0 Å². The average Bonchev–Trinajstić information content (AvgIpc) is 2.68. The Morgan fingerprint density at radius 2 is 1.93 bits per heavy atom. The number of hydrogen-bond donors (Lipinski definition) is 3. The molecule has 3 rings (SSSR count). The van der Waals surface area contributed by atoms with Crippen LogP contribution in [0.4, 0.5) is 11.8 Å². The summed E-state index contributed by atoms with van der Waals surface area (Å²) in [4.78, 5) is 37.5. The molecule has 0 spiro atoms. The number of allylic oxidation sites excluding steroid dienone is 3.